The van der Waals surface area contributed by atoms with Crippen LogP contribution in [0.25, 0.3) is 0 Å². The average Bonchev–Trinajstić information content (AvgIpc) is 2.78. The van der Waals surface area contributed by atoms with Crippen LogP contribution < -0.4 is 9.64 Å². The highest BCUT2D eigenvalue weighted by Gasteiger charge is 2.22. The monoisotopic (exact) mass is 405 g/mol. The van der Waals surface area contributed by atoms with Crippen molar-refractivity contribution in [2.45, 2.75) is 27.1 Å². The van der Waals surface area contributed by atoms with Gasteiger partial charge in [0.25, 0.3) is 0 Å². The Balaban J connectivity index is 1.86. The molecule has 3 rings (SSSR count). The molecule has 0 radical (unpaired) electrons. The lowest BCUT2D eigenvalue weighted by molar-refractivity contribution is 0.150. The maximum absolute atomic E-state index is 13.1. The predicted octanol–water partition coefficient (Wildman–Crippen LogP) is 5.69. The van der Waals surface area contributed by atoms with Crippen LogP contribution in [0, 0.1) is 5.92 Å². The summed E-state index contributed by atoms with van der Waals surface area (Å²) in [6, 6.07) is 24.0. The van der Waals surface area contributed by atoms with Gasteiger partial charge in [0.05, 0.1) is 24.6 Å². The van der Waals surface area contributed by atoms with Gasteiger partial charge in [-0.25, -0.2) is 9.69 Å². The molecule has 30 heavy (non-hydrogen) atoms. The Bertz CT molecular complexity index is 939. The van der Waals surface area contributed by atoms with E-state index in [0.717, 1.165) is 11.3 Å². The van der Waals surface area contributed by atoms with E-state index in [0.29, 0.717) is 29.5 Å². The van der Waals surface area contributed by atoms with Gasteiger partial charge >= 0.3 is 6.09 Å². The molecule has 0 aliphatic heterocycles. The van der Waals surface area contributed by atoms with Crippen molar-refractivity contribution in [3.8, 4) is 5.75 Å². The van der Waals surface area contributed by atoms with E-state index in [1.165, 1.54) is 4.90 Å². The van der Waals surface area contributed by atoms with Crippen LogP contribution >= 0.6 is 0 Å². The number of amides is 1. The highest BCUT2D eigenvalue weighted by atomic mass is 16.6. The summed E-state index contributed by atoms with van der Waals surface area (Å²) < 4.78 is 11.3. The van der Waals surface area contributed by atoms with Crippen LogP contribution in [-0.4, -0.2) is 17.8 Å². The number of para-hydroxylation sites is 1. The van der Waals surface area contributed by atoms with E-state index in [-0.39, 0.29) is 13.2 Å². The Morgan fingerprint density at radius 1 is 0.933 bits per heavy atom. The van der Waals surface area contributed by atoms with Crippen molar-refractivity contribution in [2.75, 3.05) is 11.5 Å². The Labute approximate surface area is 177 Å². The molecule has 3 aromatic carbocycles. The third-order valence-electron chi connectivity index (χ3n) is 4.47. The topological polar surface area (TPSA) is 59.0 Å². The standard InChI is InChI=1S/C25H27NO4/c1-19(2)17-29-23-14-12-22(13-15-23)26(24-11-7-6-10-21(24)16-27)25(28)30-18-20-8-4-3-5-9-20/h3-15,19,27H,16-18H2,1-2H3. The van der Waals surface area contributed by atoms with Crippen molar-refractivity contribution in [1.29, 1.82) is 0 Å². The summed E-state index contributed by atoms with van der Waals surface area (Å²) in [5, 5.41) is 9.77. The van der Waals surface area contributed by atoms with Crippen molar-refractivity contribution in [3.05, 3.63) is 90.0 Å². The van der Waals surface area contributed by atoms with Crippen molar-refractivity contribution in [2.24, 2.45) is 5.92 Å². The van der Waals surface area contributed by atoms with Gasteiger partial charge in [0, 0.05) is 5.56 Å². The van der Waals surface area contributed by atoms with E-state index >= 15 is 0 Å². The second-order valence-electron chi connectivity index (χ2n) is 7.36. The Hall–Kier alpha value is -3.31. The molecule has 156 valence electrons. The van der Waals surface area contributed by atoms with Gasteiger partial charge < -0.3 is 14.6 Å². The molecule has 0 aliphatic carbocycles. The highest BCUT2D eigenvalue weighted by Crippen LogP contribution is 2.31. The van der Waals surface area contributed by atoms with E-state index in [1.807, 2.05) is 66.7 Å². The van der Waals surface area contributed by atoms with Gasteiger partial charge in [-0.3, -0.25) is 0 Å². The molecule has 3 aromatic rings. The number of benzene rings is 3. The van der Waals surface area contributed by atoms with Crippen molar-refractivity contribution in [3.63, 3.8) is 0 Å². The first-order chi connectivity index (χ1) is 14.6. The van der Waals surface area contributed by atoms with E-state index < -0.39 is 6.09 Å². The third-order valence-corrected chi connectivity index (χ3v) is 4.47. The minimum absolute atomic E-state index is 0.160. The van der Waals surface area contributed by atoms with Crippen LogP contribution in [0.15, 0.2) is 78.9 Å². The highest BCUT2D eigenvalue weighted by molar-refractivity contribution is 5.96. The lowest BCUT2D eigenvalue weighted by atomic mass is 10.1. The first-order valence-corrected chi connectivity index (χ1v) is 10.0. The molecule has 1 amide bonds. The summed E-state index contributed by atoms with van der Waals surface area (Å²) in [5.74, 6) is 1.16. The molecular formula is C25H27NO4. The number of aliphatic hydroxyl groups excluding tert-OH is 1. The third kappa shape index (κ3) is 5.61. The zero-order valence-electron chi connectivity index (χ0n) is 17.3. The SMILES string of the molecule is CC(C)COc1ccc(N(C(=O)OCc2ccccc2)c2ccccc2CO)cc1. The van der Waals surface area contributed by atoms with E-state index in [4.69, 9.17) is 9.47 Å². The van der Waals surface area contributed by atoms with Gasteiger partial charge in [0.1, 0.15) is 12.4 Å². The van der Waals surface area contributed by atoms with Crippen LogP contribution in [0.2, 0.25) is 0 Å². The molecule has 5 nitrogen and oxygen atoms in total. The minimum atomic E-state index is -0.518. The van der Waals surface area contributed by atoms with Gasteiger partial charge in [-0.05, 0) is 41.8 Å². The molecule has 0 saturated carbocycles. The molecule has 0 unspecified atom stereocenters. The predicted molar refractivity (Wildman–Crippen MR) is 118 cm³/mol. The van der Waals surface area contributed by atoms with E-state index in [9.17, 15) is 9.90 Å². The Morgan fingerprint density at radius 2 is 1.60 bits per heavy atom. The van der Waals surface area contributed by atoms with Gasteiger partial charge in [-0.1, -0.05) is 62.4 Å². The Kier molecular flexibility index (Phi) is 7.46. The summed E-state index contributed by atoms with van der Waals surface area (Å²) in [6.07, 6.45) is -0.518. The fourth-order valence-corrected chi connectivity index (χ4v) is 2.94. The quantitative estimate of drug-likeness (QED) is 0.523. The number of ether oxygens (including phenoxy) is 2. The summed E-state index contributed by atoms with van der Waals surface area (Å²) >= 11 is 0. The number of rotatable bonds is 8. The maximum Gasteiger partial charge on any atom is 0.419 e. The van der Waals surface area contributed by atoms with Gasteiger partial charge in [0.2, 0.25) is 0 Å². The normalized spacial score (nSPS) is 10.7. The number of carbonyl (C=O) groups is 1. The first kappa shape index (κ1) is 21.4. The lowest BCUT2D eigenvalue weighted by Gasteiger charge is -2.24. The van der Waals surface area contributed by atoms with Crippen LogP contribution in [0.5, 0.6) is 5.75 Å². The number of carbonyl (C=O) groups excluding carboxylic acids is 1. The zero-order valence-corrected chi connectivity index (χ0v) is 17.3. The fourth-order valence-electron chi connectivity index (χ4n) is 2.94. The summed E-state index contributed by atoms with van der Waals surface area (Å²) in [4.78, 5) is 14.5. The molecule has 0 fully saturated rings. The van der Waals surface area contributed by atoms with Crippen molar-refractivity contribution >= 4 is 17.5 Å². The molecule has 5 heteroatoms. The number of anilines is 2. The van der Waals surface area contributed by atoms with Crippen LogP contribution in [-0.2, 0) is 18.0 Å². The molecule has 0 atom stereocenters. The van der Waals surface area contributed by atoms with Crippen LogP contribution in [0.4, 0.5) is 16.2 Å². The van der Waals surface area contributed by atoms with E-state index in [2.05, 4.69) is 13.8 Å². The summed E-state index contributed by atoms with van der Waals surface area (Å²) in [5.41, 5.74) is 2.74. The molecular weight excluding hydrogens is 378 g/mol. The second-order valence-corrected chi connectivity index (χ2v) is 7.36. The number of nitrogens with zero attached hydrogens (tertiary/aromatic N) is 1. The van der Waals surface area contributed by atoms with Gasteiger partial charge in [0.15, 0.2) is 0 Å². The van der Waals surface area contributed by atoms with Gasteiger partial charge in [-0.15, -0.1) is 0 Å². The van der Waals surface area contributed by atoms with Crippen LogP contribution in [0.1, 0.15) is 25.0 Å². The summed E-state index contributed by atoms with van der Waals surface area (Å²) in [6.45, 7) is 4.77. The number of aliphatic hydroxyl groups is 1. The molecule has 0 aliphatic rings. The lowest BCUT2D eigenvalue weighted by Crippen LogP contribution is -2.27. The minimum Gasteiger partial charge on any atom is -0.493 e. The average molecular weight is 405 g/mol. The number of hydrogen-bond acceptors (Lipinski definition) is 4. The largest absolute Gasteiger partial charge is 0.493 e. The van der Waals surface area contributed by atoms with Gasteiger partial charge in [-0.2, -0.15) is 0 Å². The van der Waals surface area contributed by atoms with Crippen molar-refractivity contribution in [1.82, 2.24) is 0 Å². The molecule has 0 bridgehead atoms. The number of hydrogen-bond donors (Lipinski definition) is 1. The maximum atomic E-state index is 13.1. The summed E-state index contributed by atoms with van der Waals surface area (Å²) in [7, 11) is 0. The molecule has 1 N–H and O–H groups in total. The molecule has 0 spiro atoms. The molecule has 0 aromatic heterocycles. The first-order valence-electron chi connectivity index (χ1n) is 10.0. The van der Waals surface area contributed by atoms with Crippen molar-refractivity contribution < 1.29 is 19.4 Å². The smallest absolute Gasteiger partial charge is 0.419 e. The molecule has 0 heterocycles. The van der Waals surface area contributed by atoms with E-state index in [1.54, 1.807) is 12.1 Å². The van der Waals surface area contributed by atoms with Crippen LogP contribution in [0.3, 0.4) is 0 Å². The second kappa shape index (κ2) is 10.5. The molecule has 0 saturated heterocycles. The zero-order chi connectivity index (χ0) is 21.3. The Morgan fingerprint density at radius 3 is 2.27 bits per heavy atom. The fraction of sp³-hybridized carbons (Fsp3) is 0.240.